The van der Waals surface area contributed by atoms with E-state index in [9.17, 15) is 14.9 Å². The molecule has 2 saturated heterocycles. The van der Waals surface area contributed by atoms with E-state index >= 15 is 0 Å². The molecule has 5 rings (SSSR count). The number of nitrogens with one attached hydrogen (secondary N) is 1. The van der Waals surface area contributed by atoms with Crippen LogP contribution in [0.4, 0.5) is 11.5 Å². The van der Waals surface area contributed by atoms with Crippen LogP contribution < -0.4 is 10.2 Å². The highest BCUT2D eigenvalue weighted by Crippen LogP contribution is 2.49. The highest BCUT2D eigenvalue weighted by atomic mass is 35.5. The van der Waals surface area contributed by atoms with Crippen LogP contribution in [0.1, 0.15) is 44.1 Å². The van der Waals surface area contributed by atoms with Crippen LogP contribution >= 0.6 is 11.6 Å². The van der Waals surface area contributed by atoms with E-state index in [0.29, 0.717) is 17.1 Å². The second kappa shape index (κ2) is 7.23. The molecule has 7 nitrogen and oxygen atoms in total. The van der Waals surface area contributed by atoms with Crippen molar-refractivity contribution >= 4 is 29.0 Å². The fourth-order valence-electron chi connectivity index (χ4n) is 5.17. The molecule has 1 N–H and O–H groups in total. The Bertz CT molecular complexity index is 961. The number of hydrogen-bond donors (Lipinski definition) is 1. The van der Waals surface area contributed by atoms with E-state index in [1.807, 2.05) is 24.3 Å². The van der Waals surface area contributed by atoms with Crippen LogP contribution in [0.15, 0.2) is 42.6 Å². The van der Waals surface area contributed by atoms with Gasteiger partial charge in [0.25, 0.3) is 5.69 Å². The Morgan fingerprint density at radius 2 is 1.80 bits per heavy atom. The second-order valence-corrected chi connectivity index (χ2v) is 9.09. The highest BCUT2D eigenvalue weighted by Gasteiger charge is 2.52. The topological polar surface area (TPSA) is 88.4 Å². The molecule has 1 aliphatic carbocycles. The number of anilines is 1. The molecular formula is C22H23ClN4O3. The molecule has 2 aromatic rings. The molecule has 2 atom stereocenters. The number of rotatable bonds is 5. The molecule has 1 aromatic heterocycles. The van der Waals surface area contributed by atoms with Crippen LogP contribution in [0.3, 0.4) is 0 Å². The highest BCUT2D eigenvalue weighted by molar-refractivity contribution is 6.30. The van der Waals surface area contributed by atoms with Crippen molar-refractivity contribution in [1.29, 1.82) is 0 Å². The predicted octanol–water partition coefficient (Wildman–Crippen LogP) is 3.99. The maximum absolute atomic E-state index is 13.1. The summed E-state index contributed by atoms with van der Waals surface area (Å²) in [6.07, 6.45) is 6.93. The molecule has 3 aliphatic rings. The summed E-state index contributed by atoms with van der Waals surface area (Å²) in [5, 5.41) is 14.9. The molecule has 3 fully saturated rings. The number of nitro groups is 1. The zero-order chi connectivity index (χ0) is 20.9. The van der Waals surface area contributed by atoms with Gasteiger partial charge in [-0.1, -0.05) is 23.7 Å². The minimum Gasteiger partial charge on any atom is -0.352 e. The molecule has 3 heterocycles. The summed E-state index contributed by atoms with van der Waals surface area (Å²) in [6, 6.07) is 11.6. The van der Waals surface area contributed by atoms with Crippen molar-refractivity contribution in [3.05, 3.63) is 63.3 Å². The van der Waals surface area contributed by atoms with Crippen molar-refractivity contribution < 1.29 is 9.72 Å². The van der Waals surface area contributed by atoms with Gasteiger partial charge < -0.3 is 10.2 Å². The van der Waals surface area contributed by atoms with Crippen LogP contribution in [-0.2, 0) is 10.2 Å². The van der Waals surface area contributed by atoms with Crippen molar-refractivity contribution in [2.45, 2.75) is 62.1 Å². The van der Waals surface area contributed by atoms with Crippen LogP contribution in [0.25, 0.3) is 0 Å². The van der Waals surface area contributed by atoms with Gasteiger partial charge in [0, 0.05) is 29.2 Å². The summed E-state index contributed by atoms with van der Waals surface area (Å²) < 4.78 is 0. The van der Waals surface area contributed by atoms with Crippen molar-refractivity contribution in [2.75, 3.05) is 4.90 Å². The van der Waals surface area contributed by atoms with E-state index in [0.717, 1.165) is 49.9 Å². The van der Waals surface area contributed by atoms with Gasteiger partial charge in [0.1, 0.15) is 12.0 Å². The van der Waals surface area contributed by atoms with Gasteiger partial charge in [-0.15, -0.1) is 0 Å². The van der Waals surface area contributed by atoms with Crippen LogP contribution in [0, 0.1) is 10.1 Å². The zero-order valence-electron chi connectivity index (χ0n) is 16.5. The summed E-state index contributed by atoms with van der Waals surface area (Å²) in [5.41, 5.74) is 0.644. The number of amides is 1. The van der Waals surface area contributed by atoms with E-state index in [1.54, 1.807) is 6.07 Å². The number of hydrogen-bond acceptors (Lipinski definition) is 5. The largest absolute Gasteiger partial charge is 0.352 e. The van der Waals surface area contributed by atoms with Gasteiger partial charge in [0.2, 0.25) is 5.91 Å². The Hall–Kier alpha value is -2.67. The monoisotopic (exact) mass is 426 g/mol. The average Bonchev–Trinajstić information content (AvgIpc) is 3.50. The van der Waals surface area contributed by atoms with E-state index in [1.165, 1.54) is 12.3 Å². The Morgan fingerprint density at radius 1 is 1.13 bits per heavy atom. The van der Waals surface area contributed by atoms with Gasteiger partial charge in [-0.05, 0) is 62.3 Å². The summed E-state index contributed by atoms with van der Waals surface area (Å²) in [4.78, 5) is 30.2. The average molecular weight is 427 g/mol. The zero-order valence-corrected chi connectivity index (χ0v) is 17.2. The van der Waals surface area contributed by atoms with Crippen molar-refractivity contribution in [3.63, 3.8) is 0 Å². The molecule has 0 radical (unpaired) electrons. The Balaban J connectivity index is 1.26. The van der Waals surface area contributed by atoms with E-state index in [4.69, 9.17) is 11.6 Å². The number of carbonyl (C=O) groups excluding carboxylic acids is 1. The maximum Gasteiger partial charge on any atom is 0.287 e. The molecule has 1 saturated carbocycles. The first-order valence-corrected chi connectivity index (χ1v) is 10.8. The fraction of sp³-hybridized carbons (Fsp3) is 0.455. The van der Waals surface area contributed by atoms with Crippen LogP contribution in [-0.4, -0.2) is 33.9 Å². The number of nitrogens with zero attached hydrogens (tertiary/aromatic N) is 3. The van der Waals surface area contributed by atoms with Gasteiger partial charge in [-0.3, -0.25) is 14.9 Å². The van der Waals surface area contributed by atoms with Gasteiger partial charge in [-0.25, -0.2) is 4.98 Å². The molecule has 1 amide bonds. The van der Waals surface area contributed by atoms with E-state index in [2.05, 4.69) is 15.2 Å². The van der Waals surface area contributed by atoms with Crippen molar-refractivity contribution in [1.82, 2.24) is 10.3 Å². The van der Waals surface area contributed by atoms with Gasteiger partial charge in [0.15, 0.2) is 0 Å². The van der Waals surface area contributed by atoms with Crippen LogP contribution in [0.2, 0.25) is 5.02 Å². The number of halogens is 1. The summed E-state index contributed by atoms with van der Waals surface area (Å²) in [6.45, 7) is 0. The lowest BCUT2D eigenvalue weighted by Gasteiger charge is -2.40. The number of pyridine rings is 1. The fourth-order valence-corrected chi connectivity index (χ4v) is 5.30. The Kier molecular flexibility index (Phi) is 4.65. The smallest absolute Gasteiger partial charge is 0.287 e. The van der Waals surface area contributed by atoms with Crippen molar-refractivity contribution in [2.24, 2.45) is 0 Å². The third kappa shape index (κ3) is 3.31. The third-order valence-electron chi connectivity index (χ3n) is 6.86. The maximum atomic E-state index is 13.1. The standard InChI is InChI=1S/C22H23ClN4O3/c23-15-3-1-14(2-4-15)22(9-10-22)21(28)25-16-11-17-5-6-18(12-16)26(17)20-8-7-19(13-24-20)27(29)30/h1-4,7-8,13,16-18H,5-6,9-12H2,(H,25,28). The normalized spacial score (nSPS) is 26.3. The molecule has 0 spiro atoms. The molecule has 2 bridgehead atoms. The summed E-state index contributed by atoms with van der Waals surface area (Å²) in [5.74, 6) is 0.911. The minimum atomic E-state index is -0.429. The second-order valence-electron chi connectivity index (χ2n) is 8.65. The Morgan fingerprint density at radius 3 is 2.33 bits per heavy atom. The molecule has 156 valence electrons. The summed E-state index contributed by atoms with van der Waals surface area (Å²) in [7, 11) is 0. The molecule has 30 heavy (non-hydrogen) atoms. The third-order valence-corrected chi connectivity index (χ3v) is 7.11. The van der Waals surface area contributed by atoms with Gasteiger partial charge in [0.05, 0.1) is 10.3 Å². The predicted molar refractivity (Wildman–Crippen MR) is 114 cm³/mol. The van der Waals surface area contributed by atoms with Gasteiger partial charge >= 0.3 is 0 Å². The molecular weight excluding hydrogens is 404 g/mol. The first kappa shape index (κ1) is 19.3. The number of piperidine rings is 1. The number of fused-ring (bicyclic) bond motifs is 2. The van der Waals surface area contributed by atoms with Crippen molar-refractivity contribution in [3.8, 4) is 0 Å². The Labute approximate surface area is 179 Å². The first-order valence-electron chi connectivity index (χ1n) is 10.4. The lowest BCUT2D eigenvalue weighted by atomic mass is 9.92. The van der Waals surface area contributed by atoms with E-state index < -0.39 is 10.3 Å². The molecule has 2 unspecified atom stereocenters. The summed E-state index contributed by atoms with van der Waals surface area (Å²) >= 11 is 6.00. The SMILES string of the molecule is O=C(NC1CC2CCC(C1)N2c1ccc([N+](=O)[O-])cn1)C1(c2ccc(Cl)cc2)CC1. The van der Waals surface area contributed by atoms with Gasteiger partial charge in [-0.2, -0.15) is 0 Å². The molecule has 1 aromatic carbocycles. The molecule has 8 heteroatoms. The lowest BCUT2D eigenvalue weighted by molar-refractivity contribution is -0.385. The first-order chi connectivity index (χ1) is 14.5. The number of aromatic nitrogens is 1. The number of benzene rings is 1. The quantitative estimate of drug-likeness (QED) is 0.576. The minimum absolute atomic E-state index is 0.00479. The van der Waals surface area contributed by atoms with E-state index in [-0.39, 0.29) is 17.6 Å². The molecule has 2 aliphatic heterocycles. The number of carbonyl (C=O) groups is 1. The lowest BCUT2D eigenvalue weighted by Crippen LogP contribution is -2.52. The van der Waals surface area contributed by atoms with Crippen LogP contribution in [0.5, 0.6) is 0 Å².